The van der Waals surface area contributed by atoms with Crippen LogP contribution >= 0.6 is 0 Å². The average molecular weight is 268 g/mol. The molecule has 1 aromatic heterocycles. The number of carboxylic acids is 1. The number of carbonyl (C=O) groups is 1. The molecule has 0 amide bonds. The van der Waals surface area contributed by atoms with Crippen molar-refractivity contribution < 1.29 is 19.0 Å². The minimum Gasteiger partial charge on any atom is -0.478 e. The molecule has 1 aliphatic heterocycles. The number of hydrogen-bond donors (Lipinski definition) is 1. The highest BCUT2D eigenvalue weighted by molar-refractivity contribution is 5.93. The first-order valence-electron chi connectivity index (χ1n) is 6.10. The lowest BCUT2D eigenvalue weighted by Gasteiger charge is -2.42. The normalized spacial score (nSPS) is 22.3. The summed E-state index contributed by atoms with van der Waals surface area (Å²) in [4.78, 5) is 17.0. The maximum Gasteiger partial charge on any atom is 0.339 e. The molecular formula is C13H17FN2O3. The Hall–Kier alpha value is -1.69. The van der Waals surface area contributed by atoms with Crippen LogP contribution in [-0.2, 0) is 4.74 Å². The first-order valence-corrected chi connectivity index (χ1v) is 6.10. The van der Waals surface area contributed by atoms with E-state index < -0.39 is 17.4 Å². The third-order valence-electron chi connectivity index (χ3n) is 2.93. The summed E-state index contributed by atoms with van der Waals surface area (Å²) in [5.74, 6) is -1.54. The zero-order valence-corrected chi connectivity index (χ0v) is 11.2. The average Bonchev–Trinajstić information content (AvgIpc) is 2.25. The van der Waals surface area contributed by atoms with E-state index in [0.717, 1.165) is 12.3 Å². The summed E-state index contributed by atoms with van der Waals surface area (Å²) in [7, 11) is 0. The third-order valence-corrected chi connectivity index (χ3v) is 2.93. The van der Waals surface area contributed by atoms with Gasteiger partial charge in [0, 0.05) is 13.1 Å². The smallest absolute Gasteiger partial charge is 0.339 e. The number of ether oxygens (including phenoxy) is 1. The first kappa shape index (κ1) is 13.7. The fourth-order valence-corrected chi connectivity index (χ4v) is 2.46. The molecule has 1 N–H and O–H groups in total. The van der Waals surface area contributed by atoms with Gasteiger partial charge < -0.3 is 14.7 Å². The first-order chi connectivity index (χ1) is 8.78. The number of carboxylic acid groups (broad SMARTS) is 1. The van der Waals surface area contributed by atoms with Crippen LogP contribution in [0.25, 0.3) is 0 Å². The number of hydrogen-bond acceptors (Lipinski definition) is 4. The van der Waals surface area contributed by atoms with E-state index in [1.807, 2.05) is 25.7 Å². The lowest BCUT2D eigenvalue weighted by atomic mass is 10.0. The van der Waals surface area contributed by atoms with Crippen LogP contribution in [0.15, 0.2) is 12.3 Å². The fraction of sp³-hybridized carbons (Fsp3) is 0.538. The summed E-state index contributed by atoms with van der Waals surface area (Å²) in [6, 6.07) is 0.998. The zero-order chi connectivity index (χ0) is 14.2. The Balaban J connectivity index is 2.38. The Morgan fingerprint density at radius 3 is 2.89 bits per heavy atom. The molecule has 1 aliphatic rings. The van der Waals surface area contributed by atoms with Crippen molar-refractivity contribution in [1.29, 1.82) is 0 Å². The molecule has 0 radical (unpaired) electrons. The third kappa shape index (κ3) is 3.01. The molecule has 2 rings (SSSR count). The quantitative estimate of drug-likeness (QED) is 0.888. The monoisotopic (exact) mass is 268 g/mol. The van der Waals surface area contributed by atoms with Crippen molar-refractivity contribution in [3.05, 3.63) is 23.6 Å². The molecule has 0 bridgehead atoms. The number of morpholine rings is 1. The van der Waals surface area contributed by atoms with Gasteiger partial charge in [-0.3, -0.25) is 0 Å². The number of pyridine rings is 1. The summed E-state index contributed by atoms with van der Waals surface area (Å²) < 4.78 is 18.9. The van der Waals surface area contributed by atoms with Gasteiger partial charge in [-0.25, -0.2) is 14.2 Å². The van der Waals surface area contributed by atoms with E-state index in [9.17, 15) is 9.18 Å². The molecule has 0 aromatic carbocycles. The Bertz CT molecular complexity index is 505. The second-order valence-corrected chi connectivity index (χ2v) is 5.40. The van der Waals surface area contributed by atoms with Gasteiger partial charge in [0.05, 0.1) is 17.9 Å². The number of halogens is 1. The van der Waals surface area contributed by atoms with Gasteiger partial charge in [-0.2, -0.15) is 0 Å². The molecule has 1 aromatic rings. The van der Waals surface area contributed by atoms with E-state index in [-0.39, 0.29) is 17.5 Å². The number of nitrogens with zero attached hydrogens (tertiary/aromatic N) is 2. The summed E-state index contributed by atoms with van der Waals surface area (Å²) in [5.41, 5.74) is -0.520. The predicted molar refractivity (Wildman–Crippen MR) is 68.0 cm³/mol. The summed E-state index contributed by atoms with van der Waals surface area (Å²) in [6.07, 6.45) is 0.992. The van der Waals surface area contributed by atoms with Gasteiger partial charge in [0.25, 0.3) is 0 Å². The van der Waals surface area contributed by atoms with Crippen molar-refractivity contribution in [2.24, 2.45) is 0 Å². The molecule has 6 heteroatoms. The van der Waals surface area contributed by atoms with Crippen LogP contribution in [0.5, 0.6) is 0 Å². The van der Waals surface area contributed by atoms with E-state index in [1.165, 1.54) is 0 Å². The van der Waals surface area contributed by atoms with E-state index in [2.05, 4.69) is 4.98 Å². The Labute approximate surface area is 111 Å². The standard InChI is InChI=1S/C13H17FN2O3/c1-8-6-16(7-13(2,3)19-8)11-10(12(17)18)4-9(14)5-15-11/h4-5,8H,6-7H2,1-3H3,(H,17,18). The summed E-state index contributed by atoms with van der Waals surface area (Å²) in [6.45, 7) is 6.82. The van der Waals surface area contributed by atoms with Crippen molar-refractivity contribution in [2.45, 2.75) is 32.5 Å². The van der Waals surface area contributed by atoms with Crippen LogP contribution in [-0.4, -0.2) is 40.9 Å². The maximum absolute atomic E-state index is 13.1. The van der Waals surface area contributed by atoms with Crippen LogP contribution in [0.2, 0.25) is 0 Å². The molecule has 0 saturated carbocycles. The highest BCUT2D eigenvalue weighted by Crippen LogP contribution is 2.27. The largest absolute Gasteiger partial charge is 0.478 e. The van der Waals surface area contributed by atoms with Gasteiger partial charge >= 0.3 is 5.97 Å². The van der Waals surface area contributed by atoms with Gasteiger partial charge in [0.15, 0.2) is 0 Å². The van der Waals surface area contributed by atoms with Crippen LogP contribution in [0, 0.1) is 5.82 Å². The zero-order valence-electron chi connectivity index (χ0n) is 11.2. The molecule has 0 spiro atoms. The minimum atomic E-state index is -1.18. The van der Waals surface area contributed by atoms with E-state index in [1.54, 1.807) is 0 Å². The van der Waals surface area contributed by atoms with Crippen LogP contribution in [0.1, 0.15) is 31.1 Å². The van der Waals surface area contributed by atoms with Crippen molar-refractivity contribution in [3.8, 4) is 0 Å². The second-order valence-electron chi connectivity index (χ2n) is 5.40. The van der Waals surface area contributed by atoms with Gasteiger partial charge in [-0.05, 0) is 26.8 Å². The Morgan fingerprint density at radius 2 is 2.32 bits per heavy atom. The predicted octanol–water partition coefficient (Wildman–Crippen LogP) is 1.92. The van der Waals surface area contributed by atoms with Gasteiger partial charge in [0.1, 0.15) is 17.2 Å². The van der Waals surface area contributed by atoms with Crippen molar-refractivity contribution in [1.82, 2.24) is 4.98 Å². The van der Waals surface area contributed by atoms with E-state index in [4.69, 9.17) is 9.84 Å². The lowest BCUT2D eigenvalue weighted by molar-refractivity contribution is -0.0752. The molecule has 2 heterocycles. The fourth-order valence-electron chi connectivity index (χ4n) is 2.46. The Morgan fingerprint density at radius 1 is 1.63 bits per heavy atom. The van der Waals surface area contributed by atoms with Gasteiger partial charge in [0.2, 0.25) is 0 Å². The van der Waals surface area contributed by atoms with Crippen LogP contribution in [0.4, 0.5) is 10.2 Å². The van der Waals surface area contributed by atoms with Crippen LogP contribution in [0.3, 0.4) is 0 Å². The second kappa shape index (κ2) is 4.77. The topological polar surface area (TPSA) is 62.7 Å². The molecular weight excluding hydrogens is 251 g/mol. The molecule has 19 heavy (non-hydrogen) atoms. The molecule has 1 fully saturated rings. The number of aromatic carboxylic acids is 1. The highest BCUT2D eigenvalue weighted by atomic mass is 19.1. The number of rotatable bonds is 2. The molecule has 1 saturated heterocycles. The lowest BCUT2D eigenvalue weighted by Crippen LogP contribution is -2.52. The summed E-state index contributed by atoms with van der Waals surface area (Å²) >= 11 is 0. The summed E-state index contributed by atoms with van der Waals surface area (Å²) in [5, 5.41) is 9.15. The maximum atomic E-state index is 13.1. The Kier molecular flexibility index (Phi) is 3.45. The number of anilines is 1. The molecule has 1 atom stereocenters. The van der Waals surface area contributed by atoms with Crippen molar-refractivity contribution in [2.75, 3.05) is 18.0 Å². The van der Waals surface area contributed by atoms with Crippen molar-refractivity contribution in [3.63, 3.8) is 0 Å². The molecule has 104 valence electrons. The number of aromatic nitrogens is 1. The minimum absolute atomic E-state index is 0.0442. The van der Waals surface area contributed by atoms with Crippen molar-refractivity contribution >= 4 is 11.8 Å². The molecule has 1 unspecified atom stereocenters. The van der Waals surface area contributed by atoms with Crippen LogP contribution < -0.4 is 4.90 Å². The van der Waals surface area contributed by atoms with E-state index >= 15 is 0 Å². The van der Waals surface area contributed by atoms with Gasteiger partial charge in [-0.1, -0.05) is 0 Å². The molecule has 5 nitrogen and oxygen atoms in total. The van der Waals surface area contributed by atoms with Gasteiger partial charge in [-0.15, -0.1) is 0 Å². The SMILES string of the molecule is CC1CN(c2ncc(F)cc2C(=O)O)CC(C)(C)O1. The molecule has 0 aliphatic carbocycles. The highest BCUT2D eigenvalue weighted by Gasteiger charge is 2.33. The van der Waals surface area contributed by atoms with E-state index in [0.29, 0.717) is 13.1 Å².